The highest BCUT2D eigenvalue weighted by atomic mass is 32.2. The molecule has 14 heteroatoms. The van der Waals surface area contributed by atoms with Gasteiger partial charge in [0.25, 0.3) is 10.9 Å². The van der Waals surface area contributed by atoms with Crippen LogP contribution in [-0.4, -0.2) is 60.0 Å². The van der Waals surface area contributed by atoms with Gasteiger partial charge in [-0.2, -0.15) is 0 Å². The topological polar surface area (TPSA) is 159 Å². The molecule has 2 aliphatic heterocycles. The van der Waals surface area contributed by atoms with Crippen molar-refractivity contribution < 1.29 is 23.6 Å². The number of rotatable bonds is 5. The summed E-state index contributed by atoms with van der Waals surface area (Å²) in [6.45, 7) is 6.36. The number of amides is 2. The van der Waals surface area contributed by atoms with Gasteiger partial charge >= 0.3 is 6.09 Å². The number of carbonyl (C=O) groups is 2. The summed E-state index contributed by atoms with van der Waals surface area (Å²) in [6, 6.07) is 5.48. The van der Waals surface area contributed by atoms with Gasteiger partial charge in [0.1, 0.15) is 22.0 Å². The summed E-state index contributed by atoms with van der Waals surface area (Å²) in [5, 5.41) is 11.9. The molecule has 210 valence electrons. The van der Waals surface area contributed by atoms with E-state index in [9.17, 15) is 24.1 Å². The molecule has 0 spiro atoms. The van der Waals surface area contributed by atoms with Gasteiger partial charge in [-0.15, -0.1) is 0 Å². The van der Waals surface area contributed by atoms with Gasteiger partial charge in [-0.25, -0.2) is 24.1 Å². The fourth-order valence-corrected chi connectivity index (χ4v) is 6.78. The number of benzene rings is 1. The Morgan fingerprint density at radius 2 is 1.82 bits per heavy atom. The van der Waals surface area contributed by atoms with E-state index in [0.29, 0.717) is 42.7 Å². The monoisotopic (exact) mass is 569 g/mol. The van der Waals surface area contributed by atoms with E-state index in [1.807, 2.05) is 25.3 Å². The Balaban J connectivity index is 1.57. The second kappa shape index (κ2) is 10.3. The number of nitrogens with two attached hydrogens (primary N) is 1. The SMILES string of the molecule is CC(C)(C)OC(=O)N1CCC(n2cnc3c([SH]4C(C(N)=O)=CC=C4[N+](=O)[O-])nc(-c4ccc(F)cc4)nc32)CC1. The first-order chi connectivity index (χ1) is 18.9. The van der Waals surface area contributed by atoms with Gasteiger partial charge in [-0.1, -0.05) is 10.9 Å². The van der Waals surface area contributed by atoms with Gasteiger partial charge in [0.05, 0.1) is 16.2 Å². The van der Waals surface area contributed by atoms with Crippen LogP contribution in [0.4, 0.5) is 9.18 Å². The number of hydrogen-bond acceptors (Lipinski definition) is 8. The van der Waals surface area contributed by atoms with Crippen LogP contribution in [0.3, 0.4) is 0 Å². The Labute approximate surface area is 231 Å². The molecule has 2 N–H and O–H groups in total. The molecule has 1 aromatic carbocycles. The average molecular weight is 570 g/mol. The van der Waals surface area contributed by atoms with E-state index >= 15 is 0 Å². The van der Waals surface area contributed by atoms with Crippen molar-refractivity contribution in [1.29, 1.82) is 0 Å². The van der Waals surface area contributed by atoms with Crippen molar-refractivity contribution in [3.8, 4) is 11.4 Å². The zero-order valence-electron chi connectivity index (χ0n) is 22.1. The molecule has 1 fully saturated rings. The summed E-state index contributed by atoms with van der Waals surface area (Å²) in [6.07, 6.45) is 5.02. The van der Waals surface area contributed by atoms with Crippen molar-refractivity contribution >= 4 is 34.1 Å². The lowest BCUT2D eigenvalue weighted by atomic mass is 10.1. The first kappa shape index (κ1) is 27.2. The highest BCUT2D eigenvalue weighted by Gasteiger charge is 2.37. The molecule has 4 heterocycles. The van der Waals surface area contributed by atoms with Crippen molar-refractivity contribution in [3.05, 3.63) is 68.6 Å². The Morgan fingerprint density at radius 1 is 1.15 bits per heavy atom. The first-order valence-electron chi connectivity index (χ1n) is 12.6. The van der Waals surface area contributed by atoms with Crippen LogP contribution in [0.15, 0.2) is 57.7 Å². The number of allylic oxidation sites excluding steroid dienone is 2. The number of likely N-dealkylation sites (tertiary alicyclic amines) is 1. The third-order valence-electron chi connectivity index (χ3n) is 6.53. The number of aromatic nitrogens is 4. The molecular weight excluding hydrogens is 541 g/mol. The zero-order valence-corrected chi connectivity index (χ0v) is 23.0. The van der Waals surface area contributed by atoms with E-state index < -0.39 is 33.1 Å². The van der Waals surface area contributed by atoms with Crippen molar-refractivity contribution in [2.45, 2.75) is 50.3 Å². The number of nitro groups is 1. The number of fused-ring (bicyclic) bond motifs is 1. The second-order valence-electron chi connectivity index (χ2n) is 10.4. The number of primary amides is 1. The number of imidazole rings is 1. The first-order valence-corrected chi connectivity index (χ1v) is 13.9. The largest absolute Gasteiger partial charge is 0.444 e. The predicted octanol–water partition coefficient (Wildman–Crippen LogP) is 4.07. The van der Waals surface area contributed by atoms with E-state index in [4.69, 9.17) is 15.5 Å². The van der Waals surface area contributed by atoms with Gasteiger partial charge in [0.15, 0.2) is 11.5 Å². The maximum Gasteiger partial charge on any atom is 0.410 e. The molecule has 0 radical (unpaired) electrons. The molecule has 2 aliphatic rings. The number of hydrogen-bond donors (Lipinski definition) is 2. The quantitative estimate of drug-likeness (QED) is 0.201. The molecule has 40 heavy (non-hydrogen) atoms. The Bertz CT molecular complexity index is 1540. The molecule has 0 bridgehead atoms. The summed E-state index contributed by atoms with van der Waals surface area (Å²) in [5.41, 5.74) is 6.21. The van der Waals surface area contributed by atoms with Crippen molar-refractivity contribution in [2.24, 2.45) is 5.73 Å². The normalized spacial score (nSPS) is 18.9. The van der Waals surface area contributed by atoms with Gasteiger partial charge in [-0.05, 0) is 64.0 Å². The van der Waals surface area contributed by atoms with Gasteiger partial charge < -0.3 is 19.9 Å². The van der Waals surface area contributed by atoms with Crippen molar-refractivity contribution in [1.82, 2.24) is 24.4 Å². The van der Waals surface area contributed by atoms with E-state index in [1.54, 1.807) is 11.2 Å². The highest BCUT2D eigenvalue weighted by Crippen LogP contribution is 2.55. The predicted molar refractivity (Wildman–Crippen MR) is 146 cm³/mol. The van der Waals surface area contributed by atoms with E-state index in [1.165, 1.54) is 36.4 Å². The summed E-state index contributed by atoms with van der Waals surface area (Å²) in [5.74, 6) is -1.02. The van der Waals surface area contributed by atoms with Crippen LogP contribution in [-0.2, 0) is 9.53 Å². The highest BCUT2D eigenvalue weighted by molar-refractivity contribution is 8.24. The van der Waals surface area contributed by atoms with Crippen molar-refractivity contribution in [2.75, 3.05) is 13.1 Å². The summed E-state index contributed by atoms with van der Waals surface area (Å²) >= 11 is 0. The van der Waals surface area contributed by atoms with Crippen LogP contribution in [0, 0.1) is 15.9 Å². The number of nitrogens with zero attached hydrogens (tertiary/aromatic N) is 6. The smallest absolute Gasteiger partial charge is 0.410 e. The number of halogens is 1. The molecule has 1 atom stereocenters. The number of thiol groups is 1. The fraction of sp³-hybridized carbons (Fsp3) is 0.346. The molecule has 3 aromatic rings. The zero-order chi connectivity index (χ0) is 28.8. The minimum Gasteiger partial charge on any atom is -0.444 e. The summed E-state index contributed by atoms with van der Waals surface area (Å²) in [7, 11) is -2.01. The Morgan fingerprint density at radius 3 is 2.42 bits per heavy atom. The van der Waals surface area contributed by atoms with Crippen LogP contribution in [0.5, 0.6) is 0 Å². The molecule has 0 saturated carbocycles. The molecule has 2 aromatic heterocycles. The van der Waals surface area contributed by atoms with Gasteiger partial charge in [0.2, 0.25) is 0 Å². The summed E-state index contributed by atoms with van der Waals surface area (Å²) in [4.78, 5) is 51.8. The minimum absolute atomic E-state index is 0.0759. The van der Waals surface area contributed by atoms with Crippen LogP contribution >= 0.6 is 10.9 Å². The minimum atomic E-state index is -2.01. The molecule has 1 saturated heterocycles. The average Bonchev–Trinajstić information content (AvgIpc) is 3.53. The number of ether oxygens (including phenoxy) is 1. The maximum atomic E-state index is 13.7. The molecular formula is C26H28FN7O5S. The molecule has 1 unspecified atom stereocenters. The third kappa shape index (κ3) is 5.26. The van der Waals surface area contributed by atoms with Crippen molar-refractivity contribution in [3.63, 3.8) is 0 Å². The molecule has 0 aliphatic carbocycles. The molecule has 5 rings (SSSR count). The lowest BCUT2D eigenvalue weighted by Crippen LogP contribution is -2.42. The van der Waals surface area contributed by atoms with E-state index in [0.717, 1.165) is 0 Å². The van der Waals surface area contributed by atoms with Gasteiger partial charge in [0, 0.05) is 30.8 Å². The maximum absolute atomic E-state index is 13.7. The Hall–Kier alpha value is -4.33. The van der Waals surface area contributed by atoms with Gasteiger partial charge in [-0.3, -0.25) is 14.9 Å². The van der Waals surface area contributed by atoms with Crippen LogP contribution in [0.25, 0.3) is 22.6 Å². The van der Waals surface area contributed by atoms with E-state index in [2.05, 4.69) is 9.97 Å². The lowest BCUT2D eigenvalue weighted by Gasteiger charge is -2.34. The standard InChI is InChI=1S/C26H28FN7O5S/c1-26(2,3)39-25(36)32-12-10-17(11-13-32)33-14-29-20-23(33)30-22(15-4-6-16(27)7-5-15)31-24(20)40-18(21(28)35)8-9-19(40)34(37)38/h4-9,14,17,40H,10-13H2,1-3H3,(H2,28,35). The number of carbonyl (C=O) groups excluding carboxylic acids is 2. The lowest BCUT2D eigenvalue weighted by molar-refractivity contribution is -0.410. The Kier molecular flexibility index (Phi) is 7.04. The molecule has 2 amide bonds. The van der Waals surface area contributed by atoms with Crippen LogP contribution in [0.1, 0.15) is 39.7 Å². The van der Waals surface area contributed by atoms with E-state index in [-0.39, 0.29) is 32.9 Å². The van der Waals surface area contributed by atoms with Crippen LogP contribution in [0.2, 0.25) is 0 Å². The number of piperidine rings is 1. The molecule has 12 nitrogen and oxygen atoms in total. The summed E-state index contributed by atoms with van der Waals surface area (Å²) < 4.78 is 21.0. The van der Waals surface area contributed by atoms with Crippen LogP contribution < -0.4 is 5.73 Å². The third-order valence-corrected chi connectivity index (χ3v) is 8.88. The second-order valence-corrected chi connectivity index (χ2v) is 12.5. The fourth-order valence-electron chi connectivity index (χ4n) is 4.69.